The first-order chi connectivity index (χ1) is 42.0. The van der Waals surface area contributed by atoms with Gasteiger partial charge in [0.25, 0.3) is 21.6 Å². The molecule has 0 radical (unpaired) electrons. The molecule has 1 spiro atoms. The lowest BCUT2D eigenvalue weighted by Crippen LogP contribution is -2.61. The summed E-state index contributed by atoms with van der Waals surface area (Å²) in [6.07, 6.45) is 11.0. The third-order valence-electron chi connectivity index (χ3n) is 19.9. The number of carbonyl (C=O) groups excluding carboxylic acids is 1. The smallest absolute Gasteiger partial charge is 0.293 e. The summed E-state index contributed by atoms with van der Waals surface area (Å²) in [7, 11) is -2.92. The number of anilines is 6. The minimum atomic E-state index is -4.65. The van der Waals surface area contributed by atoms with E-state index in [0.29, 0.717) is 93.0 Å². The zero-order valence-corrected chi connectivity index (χ0v) is 51.1. The van der Waals surface area contributed by atoms with Gasteiger partial charge < -0.3 is 54.0 Å². The molecular formula is C65H81N11O10S. The SMILES string of the molecule is COc1cc(CN2CCN(c3ccccc3C(C)C)[C@H](C3CC4(CCN(c5ccc(C(=O)NS(=O)(=O)c6ccc(NC[C@H]7CC[C@](C)(O)CC7)c([N+](=O)[O-])c6)c(N6c7cc8cc[nH]c8nc7O[C@H]7COCC[C@@H]76)c5)CC4)C3)C2)cnc1N1CCOCC1. The Balaban J connectivity index is 0.756. The Bertz CT molecular complexity index is 3620. The van der Waals surface area contributed by atoms with Crippen molar-refractivity contribution in [1.82, 2.24) is 24.6 Å². The number of piperidine rings is 1. The first-order valence-electron chi connectivity index (χ1n) is 31.2. The number of para-hydroxylation sites is 1. The molecule has 7 aliphatic rings. The van der Waals surface area contributed by atoms with Gasteiger partial charge in [-0.15, -0.1) is 0 Å². The van der Waals surface area contributed by atoms with Crippen LogP contribution in [0.3, 0.4) is 0 Å². The lowest BCUT2D eigenvalue weighted by molar-refractivity contribution is -0.384. The van der Waals surface area contributed by atoms with Gasteiger partial charge in [0.15, 0.2) is 11.6 Å². The van der Waals surface area contributed by atoms with Crippen LogP contribution in [0.1, 0.15) is 106 Å². The molecule has 8 heterocycles. The molecule has 0 bridgehead atoms. The van der Waals surface area contributed by atoms with Crippen molar-refractivity contribution >= 4 is 66.9 Å². The Labute approximate surface area is 508 Å². The average Bonchev–Trinajstić information content (AvgIpc) is 1.43. The second-order valence-corrected chi connectivity index (χ2v) is 27.6. The molecule has 22 heteroatoms. The van der Waals surface area contributed by atoms with Crippen LogP contribution in [0.15, 0.2) is 96.2 Å². The summed E-state index contributed by atoms with van der Waals surface area (Å²) in [5.74, 6) is 2.22. The fourth-order valence-electron chi connectivity index (χ4n) is 14.9. The number of carbonyl (C=O) groups is 1. The van der Waals surface area contributed by atoms with Gasteiger partial charge >= 0.3 is 0 Å². The zero-order valence-electron chi connectivity index (χ0n) is 50.3. The van der Waals surface area contributed by atoms with Gasteiger partial charge in [-0.05, 0) is 154 Å². The third-order valence-corrected chi connectivity index (χ3v) is 21.2. The number of benzene rings is 3. The minimum absolute atomic E-state index is 0.106. The lowest BCUT2D eigenvalue weighted by Gasteiger charge is -2.58. The quantitative estimate of drug-likeness (QED) is 0.0522. The Kier molecular flexibility index (Phi) is 16.2. The standard InChI is InChI=1S/C65H81N11O10S/c1-42(2)49-7-5-6-8-52(49)74-25-24-71(39-44-31-58(83-4)61(68-38-44)73-26-29-84-30-27-73)40-57(74)46-35-65(36-46)19-22-72(23-20-65)47-9-11-50(54(33-47)75-53-16-28-85-41-59(53)86-63-56(75)32-45-15-21-66-60(45)69-63)62(77)70-87(81,82)48-10-12-51(55(34-48)76(79)80)67-37-43-13-17-64(3,78)18-14-43/h5-12,15,21,31-34,38,42-43,46,53,57,59,67,78H,13-14,16-20,22-30,35-37,39-41H2,1-4H3,(H,66,69)(H,70,77)/t43-,53-,57-,59-,64-/m0/s1. The van der Waals surface area contributed by atoms with Crippen molar-refractivity contribution in [2.24, 2.45) is 17.3 Å². The van der Waals surface area contributed by atoms with E-state index in [9.17, 15) is 28.4 Å². The fraction of sp³-hybridized carbons (Fsp3) is 0.523. The van der Waals surface area contributed by atoms with E-state index >= 15 is 0 Å². The first-order valence-corrected chi connectivity index (χ1v) is 32.7. The Morgan fingerprint density at radius 3 is 2.45 bits per heavy atom. The first kappa shape index (κ1) is 58.8. The summed E-state index contributed by atoms with van der Waals surface area (Å²) in [4.78, 5) is 51.4. The van der Waals surface area contributed by atoms with E-state index in [-0.39, 0.29) is 28.6 Å². The maximum atomic E-state index is 14.9. The van der Waals surface area contributed by atoms with E-state index in [2.05, 4.69) is 83.7 Å². The predicted molar refractivity (Wildman–Crippen MR) is 335 cm³/mol. The Morgan fingerprint density at radius 1 is 0.885 bits per heavy atom. The molecule has 4 N–H and O–H groups in total. The lowest BCUT2D eigenvalue weighted by atomic mass is 9.55. The summed E-state index contributed by atoms with van der Waals surface area (Å²) in [5.41, 5.74) is 5.85. The van der Waals surface area contributed by atoms with Crippen LogP contribution in [-0.4, -0.2) is 154 Å². The predicted octanol–water partition coefficient (Wildman–Crippen LogP) is 9.38. The molecule has 5 aliphatic heterocycles. The van der Waals surface area contributed by atoms with Crippen LogP contribution < -0.4 is 39.1 Å². The number of morpholine rings is 1. The number of ether oxygens (including phenoxy) is 4. The third kappa shape index (κ3) is 12.0. The number of methoxy groups -OCH3 is 1. The van der Waals surface area contributed by atoms with Crippen molar-refractivity contribution < 1.29 is 42.2 Å². The number of aliphatic hydroxyl groups is 1. The second-order valence-electron chi connectivity index (χ2n) is 25.9. The van der Waals surface area contributed by atoms with Crippen LogP contribution in [-0.2, 0) is 26.0 Å². The molecule has 1 amide bonds. The van der Waals surface area contributed by atoms with Crippen molar-refractivity contribution in [3.8, 4) is 11.6 Å². The number of nitro benzene ring substituents is 1. The number of pyridine rings is 2. The van der Waals surface area contributed by atoms with Gasteiger partial charge in [-0.25, -0.2) is 18.1 Å². The molecule has 3 aromatic carbocycles. The Morgan fingerprint density at radius 2 is 1.68 bits per heavy atom. The van der Waals surface area contributed by atoms with Crippen molar-refractivity contribution in [3.05, 3.63) is 118 Å². The fourth-order valence-corrected chi connectivity index (χ4v) is 15.9. The number of fused-ring (bicyclic) bond motifs is 3. The van der Waals surface area contributed by atoms with Crippen LogP contribution in [0, 0.1) is 27.4 Å². The summed E-state index contributed by atoms with van der Waals surface area (Å²) in [5, 5.41) is 26.9. The van der Waals surface area contributed by atoms with Crippen LogP contribution >= 0.6 is 0 Å². The molecule has 2 saturated carbocycles. The zero-order chi connectivity index (χ0) is 60.2. The van der Waals surface area contributed by atoms with E-state index < -0.39 is 43.1 Å². The molecule has 6 fully saturated rings. The molecule has 87 heavy (non-hydrogen) atoms. The van der Waals surface area contributed by atoms with Gasteiger partial charge in [0.1, 0.15) is 23.1 Å². The number of nitro groups is 1. The van der Waals surface area contributed by atoms with Crippen molar-refractivity contribution in [2.45, 2.75) is 120 Å². The van der Waals surface area contributed by atoms with Crippen molar-refractivity contribution in [2.75, 3.05) is 111 Å². The molecule has 4 saturated heterocycles. The normalized spacial score (nSPS) is 24.3. The molecule has 3 aromatic heterocycles. The molecule has 13 rings (SSSR count). The minimum Gasteiger partial charge on any atom is -0.493 e. The summed E-state index contributed by atoms with van der Waals surface area (Å²) < 4.78 is 55.1. The largest absolute Gasteiger partial charge is 0.493 e. The number of amides is 1. The van der Waals surface area contributed by atoms with E-state index in [4.69, 9.17) is 28.9 Å². The van der Waals surface area contributed by atoms with Gasteiger partial charge in [-0.3, -0.25) is 19.8 Å². The number of piperazine rings is 1. The highest BCUT2D eigenvalue weighted by Crippen LogP contribution is 2.56. The van der Waals surface area contributed by atoms with E-state index in [0.717, 1.165) is 125 Å². The van der Waals surface area contributed by atoms with E-state index in [1.165, 1.54) is 23.4 Å². The number of aromatic nitrogens is 3. The molecule has 462 valence electrons. The molecule has 0 unspecified atom stereocenters. The number of hydrogen-bond acceptors (Lipinski definition) is 18. The van der Waals surface area contributed by atoms with Gasteiger partial charge in [-0.2, -0.15) is 4.98 Å². The highest BCUT2D eigenvalue weighted by molar-refractivity contribution is 7.90. The number of sulfonamides is 1. The van der Waals surface area contributed by atoms with Gasteiger partial charge in [0.2, 0.25) is 5.88 Å². The average molecular weight is 1210 g/mol. The van der Waals surface area contributed by atoms with Gasteiger partial charge in [-0.1, -0.05) is 32.0 Å². The summed E-state index contributed by atoms with van der Waals surface area (Å²) in [6.45, 7) is 15.7. The number of aromatic amines is 1. The highest BCUT2D eigenvalue weighted by atomic mass is 32.2. The van der Waals surface area contributed by atoms with Crippen molar-refractivity contribution in [3.63, 3.8) is 0 Å². The van der Waals surface area contributed by atoms with Crippen LogP contribution in [0.5, 0.6) is 11.6 Å². The number of rotatable bonds is 16. The van der Waals surface area contributed by atoms with Crippen LogP contribution in [0.4, 0.5) is 39.9 Å². The monoisotopic (exact) mass is 1210 g/mol. The van der Waals surface area contributed by atoms with E-state index in [1.54, 1.807) is 13.2 Å². The molecule has 21 nitrogen and oxygen atoms in total. The molecule has 6 aromatic rings. The van der Waals surface area contributed by atoms with Gasteiger partial charge in [0.05, 0.1) is 59.6 Å². The topological polar surface area (TPSA) is 233 Å². The number of hydrogen-bond donors (Lipinski definition) is 4. The number of nitrogens with zero attached hydrogens (tertiary/aromatic N) is 8. The highest BCUT2D eigenvalue weighted by Gasteiger charge is 2.51. The molecule has 3 atom stereocenters. The van der Waals surface area contributed by atoms with Crippen molar-refractivity contribution in [1.29, 1.82) is 0 Å². The molecule has 2 aliphatic carbocycles. The number of nitrogens with one attached hydrogen (secondary N) is 3. The second kappa shape index (κ2) is 24.0. The van der Waals surface area contributed by atoms with Crippen LogP contribution in [0.25, 0.3) is 11.0 Å². The Hall–Kier alpha value is -7.24. The maximum absolute atomic E-state index is 14.9. The maximum Gasteiger partial charge on any atom is 0.293 e. The van der Waals surface area contributed by atoms with E-state index in [1.807, 2.05) is 43.6 Å². The van der Waals surface area contributed by atoms with Gasteiger partial charge in [0, 0.05) is 107 Å². The van der Waals surface area contributed by atoms with Crippen LogP contribution in [0.2, 0.25) is 0 Å². The molecular weight excluding hydrogens is 1130 g/mol. The summed E-state index contributed by atoms with van der Waals surface area (Å²) >= 11 is 0. The summed E-state index contributed by atoms with van der Waals surface area (Å²) in [6, 6.07) is 24.3. The number of H-pyrrole nitrogens is 1.